The third-order valence-electron chi connectivity index (χ3n) is 2.73. The smallest absolute Gasteiger partial charge is 0.210 e. The minimum atomic E-state index is -0.0126. The maximum atomic E-state index is 12.0. The second-order valence-corrected chi connectivity index (χ2v) is 5.84. The van der Waals surface area contributed by atoms with Crippen LogP contribution in [0.2, 0.25) is 5.02 Å². The Morgan fingerprint density at radius 1 is 1.32 bits per heavy atom. The molecule has 2 aromatic rings. The number of benzene rings is 1. The maximum absolute atomic E-state index is 12.0. The van der Waals surface area contributed by atoms with E-state index in [1.807, 2.05) is 31.2 Å². The van der Waals surface area contributed by atoms with Crippen molar-refractivity contribution in [2.24, 2.45) is 0 Å². The number of hydrogen-bond donors (Lipinski definition) is 0. The highest BCUT2D eigenvalue weighted by Crippen LogP contribution is 2.25. The molecule has 0 saturated carbocycles. The van der Waals surface area contributed by atoms with Crippen molar-refractivity contribution >= 4 is 28.7 Å². The fourth-order valence-corrected chi connectivity index (χ4v) is 2.82. The molecule has 0 amide bonds. The van der Waals surface area contributed by atoms with E-state index in [4.69, 9.17) is 16.3 Å². The Hall–Kier alpha value is -1.32. The fraction of sp³-hybridized carbons (Fsp3) is 0.267. The Balaban J connectivity index is 2.00. The molecule has 2 nitrogen and oxygen atoms in total. The van der Waals surface area contributed by atoms with Crippen molar-refractivity contribution in [3.8, 4) is 5.75 Å². The first-order valence-corrected chi connectivity index (χ1v) is 7.30. The molecular weight excluding hydrogens is 280 g/mol. The van der Waals surface area contributed by atoms with E-state index in [0.717, 1.165) is 16.9 Å². The number of carbonyl (C=O) groups is 1. The normalized spacial score (nSPS) is 10.5. The second kappa shape index (κ2) is 6.22. The van der Waals surface area contributed by atoms with Crippen molar-refractivity contribution in [3.63, 3.8) is 0 Å². The van der Waals surface area contributed by atoms with Crippen LogP contribution in [0, 0.1) is 6.92 Å². The summed E-state index contributed by atoms with van der Waals surface area (Å²) in [5.74, 6) is 0.536. The van der Waals surface area contributed by atoms with Crippen LogP contribution in [0.4, 0.5) is 0 Å². The summed E-state index contributed by atoms with van der Waals surface area (Å²) in [7, 11) is 0. The molecule has 0 spiro atoms. The van der Waals surface area contributed by atoms with E-state index in [-0.39, 0.29) is 12.4 Å². The Labute approximate surface area is 122 Å². The van der Waals surface area contributed by atoms with E-state index in [1.165, 1.54) is 16.2 Å². The van der Waals surface area contributed by atoms with Crippen molar-refractivity contribution in [1.82, 2.24) is 0 Å². The minimum absolute atomic E-state index is 0.0126. The summed E-state index contributed by atoms with van der Waals surface area (Å²) < 4.78 is 5.48. The lowest BCUT2D eigenvalue weighted by Crippen LogP contribution is -2.10. The van der Waals surface area contributed by atoms with E-state index in [1.54, 1.807) is 6.07 Å². The quantitative estimate of drug-likeness (QED) is 0.757. The highest BCUT2D eigenvalue weighted by Gasteiger charge is 2.11. The largest absolute Gasteiger partial charge is 0.484 e. The minimum Gasteiger partial charge on any atom is -0.484 e. The summed E-state index contributed by atoms with van der Waals surface area (Å²) in [6.45, 7) is 4.05. The van der Waals surface area contributed by atoms with Gasteiger partial charge in [0.05, 0.1) is 9.90 Å². The molecule has 0 saturated heterocycles. The fourth-order valence-electron chi connectivity index (χ4n) is 1.66. The lowest BCUT2D eigenvalue weighted by Gasteiger charge is -2.07. The van der Waals surface area contributed by atoms with Gasteiger partial charge in [-0.2, -0.15) is 0 Å². The predicted molar refractivity (Wildman–Crippen MR) is 79.7 cm³/mol. The van der Waals surface area contributed by atoms with Crippen LogP contribution >= 0.6 is 22.9 Å². The number of ether oxygens (including phenoxy) is 1. The molecule has 100 valence electrons. The van der Waals surface area contributed by atoms with Crippen molar-refractivity contribution in [1.29, 1.82) is 0 Å². The van der Waals surface area contributed by atoms with Gasteiger partial charge in [-0.15, -0.1) is 11.3 Å². The number of carbonyl (C=O) groups excluding carboxylic acids is 1. The molecule has 0 radical (unpaired) electrons. The van der Waals surface area contributed by atoms with Crippen molar-refractivity contribution in [2.45, 2.75) is 20.3 Å². The second-order valence-electron chi connectivity index (χ2n) is 4.27. The number of thiophene rings is 1. The van der Waals surface area contributed by atoms with Gasteiger partial charge in [-0.05, 0) is 43.2 Å². The van der Waals surface area contributed by atoms with Crippen LogP contribution in [-0.2, 0) is 6.42 Å². The molecule has 4 heteroatoms. The van der Waals surface area contributed by atoms with Gasteiger partial charge in [0, 0.05) is 4.88 Å². The van der Waals surface area contributed by atoms with Gasteiger partial charge < -0.3 is 4.74 Å². The van der Waals surface area contributed by atoms with Gasteiger partial charge >= 0.3 is 0 Å². The lowest BCUT2D eigenvalue weighted by atomic mass is 10.2. The molecule has 1 heterocycles. The Morgan fingerprint density at radius 2 is 2.11 bits per heavy atom. The first kappa shape index (κ1) is 14.1. The number of rotatable bonds is 5. The molecule has 0 unspecified atom stereocenters. The molecule has 0 fully saturated rings. The summed E-state index contributed by atoms with van der Waals surface area (Å²) in [5.41, 5.74) is 1.06. The van der Waals surface area contributed by atoms with Crippen LogP contribution in [-0.4, -0.2) is 12.4 Å². The number of halogens is 1. The van der Waals surface area contributed by atoms with Gasteiger partial charge in [-0.1, -0.05) is 24.6 Å². The Kier molecular flexibility index (Phi) is 4.61. The molecule has 0 atom stereocenters. The van der Waals surface area contributed by atoms with Crippen molar-refractivity contribution in [2.75, 3.05) is 6.61 Å². The van der Waals surface area contributed by atoms with Crippen LogP contribution in [0.1, 0.15) is 27.0 Å². The van der Waals surface area contributed by atoms with Gasteiger partial charge in [-0.25, -0.2) is 0 Å². The summed E-state index contributed by atoms with van der Waals surface area (Å²) in [5, 5.41) is 0.535. The number of Topliss-reactive ketones (excluding diaryl/α,β-unsaturated/α-hetero) is 1. The lowest BCUT2D eigenvalue weighted by molar-refractivity contribution is 0.0925. The SMILES string of the molecule is CCc1ccc(C(=O)COc2ccc(C)cc2Cl)s1. The van der Waals surface area contributed by atoms with Crippen LogP contribution in [0.25, 0.3) is 0 Å². The Morgan fingerprint density at radius 3 is 2.74 bits per heavy atom. The summed E-state index contributed by atoms with van der Waals surface area (Å²) >= 11 is 7.57. The molecule has 0 N–H and O–H groups in total. The zero-order valence-electron chi connectivity index (χ0n) is 10.9. The van der Waals surface area contributed by atoms with E-state index >= 15 is 0 Å². The molecular formula is C15H15ClO2S. The highest BCUT2D eigenvalue weighted by atomic mass is 35.5. The first-order chi connectivity index (χ1) is 9.10. The summed E-state index contributed by atoms with van der Waals surface area (Å²) in [4.78, 5) is 13.9. The zero-order valence-corrected chi connectivity index (χ0v) is 12.5. The number of aryl methyl sites for hydroxylation is 2. The third-order valence-corrected chi connectivity index (χ3v) is 4.30. The van der Waals surface area contributed by atoms with Gasteiger partial charge in [0.1, 0.15) is 5.75 Å². The maximum Gasteiger partial charge on any atom is 0.210 e. The molecule has 19 heavy (non-hydrogen) atoms. The zero-order chi connectivity index (χ0) is 13.8. The molecule has 0 aliphatic carbocycles. The first-order valence-electron chi connectivity index (χ1n) is 6.11. The van der Waals surface area contributed by atoms with E-state index in [2.05, 4.69) is 6.92 Å². The van der Waals surface area contributed by atoms with Crippen LogP contribution in [0.3, 0.4) is 0 Å². The van der Waals surface area contributed by atoms with Gasteiger partial charge in [-0.3, -0.25) is 4.79 Å². The third kappa shape index (κ3) is 3.58. The predicted octanol–water partition coefficient (Wildman–Crippen LogP) is 4.53. The summed E-state index contributed by atoms with van der Waals surface area (Å²) in [6, 6.07) is 9.35. The topological polar surface area (TPSA) is 26.3 Å². The van der Waals surface area contributed by atoms with Crippen LogP contribution < -0.4 is 4.74 Å². The molecule has 0 aliphatic rings. The molecule has 1 aromatic heterocycles. The monoisotopic (exact) mass is 294 g/mol. The van der Waals surface area contributed by atoms with E-state index in [9.17, 15) is 4.79 Å². The van der Waals surface area contributed by atoms with Crippen LogP contribution in [0.5, 0.6) is 5.75 Å². The van der Waals surface area contributed by atoms with Gasteiger partial charge in [0.2, 0.25) is 5.78 Å². The molecule has 0 bridgehead atoms. The Bertz CT molecular complexity index is 590. The standard InChI is InChI=1S/C15H15ClO2S/c1-3-11-5-7-15(19-11)13(17)9-18-14-6-4-10(2)8-12(14)16/h4-8H,3,9H2,1-2H3. The number of ketones is 1. The average molecular weight is 295 g/mol. The van der Waals surface area contributed by atoms with Gasteiger partial charge in [0.15, 0.2) is 6.61 Å². The van der Waals surface area contributed by atoms with Crippen LogP contribution in [0.15, 0.2) is 30.3 Å². The average Bonchev–Trinajstić information content (AvgIpc) is 2.86. The molecule has 1 aromatic carbocycles. The summed E-state index contributed by atoms with van der Waals surface area (Å²) in [6.07, 6.45) is 0.947. The van der Waals surface area contributed by atoms with Crippen molar-refractivity contribution in [3.05, 3.63) is 50.7 Å². The van der Waals surface area contributed by atoms with Gasteiger partial charge in [0.25, 0.3) is 0 Å². The molecule has 2 rings (SSSR count). The molecule has 0 aliphatic heterocycles. The van der Waals surface area contributed by atoms with Crippen molar-refractivity contribution < 1.29 is 9.53 Å². The highest BCUT2D eigenvalue weighted by molar-refractivity contribution is 7.14. The number of hydrogen-bond acceptors (Lipinski definition) is 3. The van der Waals surface area contributed by atoms with E-state index in [0.29, 0.717) is 10.8 Å². The van der Waals surface area contributed by atoms with E-state index < -0.39 is 0 Å².